The zero-order valence-corrected chi connectivity index (χ0v) is 73.3. The molecule has 0 radical (unpaired) electrons. The third kappa shape index (κ3) is 25.5. The molecule has 0 fully saturated rings. The Morgan fingerprint density at radius 1 is 0.185 bits per heavy atom. The molecule has 108 heavy (non-hydrogen) atoms. The van der Waals surface area contributed by atoms with E-state index >= 15 is 0 Å². The molecule has 0 bridgehead atoms. The molecule has 18 aromatic rings. The van der Waals surface area contributed by atoms with Crippen LogP contribution < -0.4 is 0 Å². The van der Waals surface area contributed by atoms with E-state index in [9.17, 15) is 0 Å². The maximum absolute atomic E-state index is 5.78. The number of thiophene rings is 2. The van der Waals surface area contributed by atoms with E-state index in [0.717, 1.165) is 44.7 Å². The number of aryl methyl sites for hydroxylation is 6. The summed E-state index contributed by atoms with van der Waals surface area (Å²) in [5, 5.41) is 15.2. The van der Waals surface area contributed by atoms with E-state index in [0.29, 0.717) is 0 Å². The van der Waals surface area contributed by atoms with Crippen molar-refractivity contribution in [2.75, 3.05) is 0 Å². The van der Waals surface area contributed by atoms with Crippen molar-refractivity contribution in [2.24, 2.45) is 0 Å². The third-order valence-corrected chi connectivity index (χ3v) is 17.9. The largest absolute Gasteiger partial charge is 0.456 e. The van der Waals surface area contributed by atoms with Gasteiger partial charge in [0.1, 0.15) is 44.7 Å². The van der Waals surface area contributed by atoms with Crippen LogP contribution in [0.15, 0.2) is 272 Å². The van der Waals surface area contributed by atoms with Crippen molar-refractivity contribution in [3.8, 4) is 0 Å². The SMILES string of the molecule is CC.CC.CC.CC.CC.CC.CC.CC.CC.CC.CC.CC.Cc1ccc2c(c1)oc1ccccc12.Cc1ccc2c(c1)sc1ccccc12.Cc1ccc2oc3ccccc3c2c1.Cc1cccc2c1oc1ccccc12.Cc1cccc2c1sc1ccccc12.Cc1cccc2oc3ccccc3c12. The van der Waals surface area contributed by atoms with Crippen LogP contribution in [-0.4, -0.2) is 0 Å². The quantitative estimate of drug-likeness (QED) is 0.152. The summed E-state index contributed by atoms with van der Waals surface area (Å²) < 4.78 is 28.5. The molecule has 12 aromatic carbocycles. The van der Waals surface area contributed by atoms with Crippen LogP contribution in [0.25, 0.3) is 128 Å². The Labute approximate surface area is 659 Å². The molecule has 0 unspecified atom stereocenters. The number of benzene rings is 12. The first-order valence-corrected chi connectivity index (χ1v) is 42.0. The minimum absolute atomic E-state index is 0.966. The molecule has 0 atom stereocenters. The summed E-state index contributed by atoms with van der Waals surface area (Å²) in [6.07, 6.45) is 0. The van der Waals surface area contributed by atoms with Crippen LogP contribution in [0.2, 0.25) is 0 Å². The first-order valence-electron chi connectivity index (χ1n) is 40.4. The zero-order chi connectivity index (χ0) is 81.3. The van der Waals surface area contributed by atoms with Gasteiger partial charge in [0.2, 0.25) is 0 Å². The fourth-order valence-electron chi connectivity index (χ4n) is 11.2. The van der Waals surface area contributed by atoms with E-state index in [-0.39, 0.29) is 0 Å². The first kappa shape index (κ1) is 96.3. The lowest BCUT2D eigenvalue weighted by molar-refractivity contribution is 0.665. The maximum atomic E-state index is 5.78. The van der Waals surface area contributed by atoms with E-state index in [1.807, 2.05) is 280 Å². The summed E-state index contributed by atoms with van der Waals surface area (Å²) >= 11 is 3.76. The van der Waals surface area contributed by atoms with Gasteiger partial charge < -0.3 is 17.7 Å². The smallest absolute Gasteiger partial charge is 0.138 e. The summed E-state index contributed by atoms with van der Waals surface area (Å²) in [6.45, 7) is 60.7. The highest BCUT2D eigenvalue weighted by molar-refractivity contribution is 7.26. The van der Waals surface area contributed by atoms with Crippen molar-refractivity contribution in [3.63, 3.8) is 0 Å². The van der Waals surface area contributed by atoms with Gasteiger partial charge in [0.25, 0.3) is 0 Å². The Bertz CT molecular complexity index is 5110. The summed E-state index contributed by atoms with van der Waals surface area (Å²) in [7, 11) is 0. The van der Waals surface area contributed by atoms with Crippen molar-refractivity contribution >= 4 is 151 Å². The highest BCUT2D eigenvalue weighted by Gasteiger charge is 2.11. The van der Waals surface area contributed by atoms with E-state index in [4.69, 9.17) is 17.7 Å². The molecule has 4 nitrogen and oxygen atoms in total. The average Bonchev–Trinajstić information content (AvgIpc) is 1.68. The number of fused-ring (bicyclic) bond motifs is 18. The van der Waals surface area contributed by atoms with Gasteiger partial charge in [-0.25, -0.2) is 0 Å². The molecular formula is C102H132O4S2. The minimum atomic E-state index is 0.966. The molecule has 0 saturated carbocycles. The van der Waals surface area contributed by atoms with E-state index in [1.54, 1.807) is 0 Å². The molecule has 0 amide bonds. The molecule has 0 saturated heterocycles. The Morgan fingerprint density at radius 3 is 1.05 bits per heavy atom. The summed E-state index contributed by atoms with van der Waals surface area (Å²) in [5.41, 5.74) is 15.5. The standard InChI is InChI=1S/4C13H10O.2C13H10S.12C2H6/c1-9-5-4-7-11-10-6-2-3-8-12(10)14-13(9)11;1-9-5-4-8-12-13(9)10-6-2-3-7-11(10)14-12;1-9-6-7-13-11(8-9)10-4-2-3-5-12(10)14-13;1-9-6-7-11-10-4-2-3-5-12(10)14-13(11)8-9;1-9-5-4-7-11-10-6-2-3-8-12(10)14-13(9)11;1-9-6-7-11-10-4-2-3-5-12(10)14-13(11)8-9;12*1-2/h6*2-8H,1H3;12*1-2H3. The van der Waals surface area contributed by atoms with Crippen LogP contribution in [0.4, 0.5) is 0 Å². The molecular weight excluding hydrogens is 1350 g/mol. The van der Waals surface area contributed by atoms with E-state index < -0.39 is 0 Å². The summed E-state index contributed by atoms with van der Waals surface area (Å²) in [6, 6.07) is 88.0. The Morgan fingerprint density at radius 2 is 0.500 bits per heavy atom. The number of para-hydroxylation sites is 5. The van der Waals surface area contributed by atoms with Gasteiger partial charge in [-0.1, -0.05) is 360 Å². The predicted molar refractivity (Wildman–Crippen MR) is 498 cm³/mol. The van der Waals surface area contributed by atoms with Crippen LogP contribution in [0.1, 0.15) is 200 Å². The van der Waals surface area contributed by atoms with Gasteiger partial charge in [-0.2, -0.15) is 0 Å². The lowest BCUT2D eigenvalue weighted by Gasteiger charge is -1.93. The van der Waals surface area contributed by atoms with Gasteiger partial charge >= 0.3 is 0 Å². The second kappa shape index (κ2) is 54.8. The van der Waals surface area contributed by atoms with Crippen molar-refractivity contribution in [1.29, 1.82) is 0 Å². The van der Waals surface area contributed by atoms with E-state index in [1.165, 1.54) is 117 Å². The topological polar surface area (TPSA) is 52.6 Å². The second-order valence-electron chi connectivity index (χ2n) is 21.4. The number of rotatable bonds is 0. The lowest BCUT2D eigenvalue weighted by atomic mass is 10.1. The molecule has 18 rings (SSSR count). The normalized spacial score (nSPS) is 9.39. The number of furan rings is 4. The summed E-state index contributed by atoms with van der Waals surface area (Å²) in [5.74, 6) is 0. The molecule has 0 aliphatic heterocycles. The van der Waals surface area contributed by atoms with Crippen molar-refractivity contribution < 1.29 is 17.7 Å². The van der Waals surface area contributed by atoms with Crippen LogP contribution in [0, 0.1) is 41.5 Å². The van der Waals surface area contributed by atoms with Crippen LogP contribution >= 0.6 is 22.7 Å². The first-order chi connectivity index (χ1) is 53.1. The van der Waals surface area contributed by atoms with Crippen LogP contribution in [0.3, 0.4) is 0 Å². The zero-order valence-electron chi connectivity index (χ0n) is 71.7. The van der Waals surface area contributed by atoms with Gasteiger partial charge in [-0.15, -0.1) is 22.7 Å². The minimum Gasteiger partial charge on any atom is -0.456 e. The van der Waals surface area contributed by atoms with Crippen LogP contribution in [-0.2, 0) is 0 Å². The molecule has 0 aliphatic rings. The Hall–Kier alpha value is -9.72. The number of hydrogen-bond acceptors (Lipinski definition) is 6. The van der Waals surface area contributed by atoms with Crippen LogP contribution in [0.5, 0.6) is 0 Å². The lowest BCUT2D eigenvalue weighted by Crippen LogP contribution is -1.72. The predicted octanol–water partition coefficient (Wildman–Crippen LogP) is 36.6. The van der Waals surface area contributed by atoms with Gasteiger partial charge in [0.05, 0.1) is 0 Å². The van der Waals surface area contributed by atoms with Crippen molar-refractivity contribution in [3.05, 3.63) is 288 Å². The highest BCUT2D eigenvalue weighted by atomic mass is 32.1. The van der Waals surface area contributed by atoms with E-state index in [2.05, 4.69) is 205 Å². The fourth-order valence-corrected chi connectivity index (χ4v) is 13.6. The molecule has 6 heteroatoms. The highest BCUT2D eigenvalue weighted by Crippen LogP contribution is 2.37. The molecule has 0 spiro atoms. The molecule has 6 heterocycles. The van der Waals surface area contributed by atoms with Gasteiger partial charge in [0, 0.05) is 83.4 Å². The monoisotopic (exact) mass is 1480 g/mol. The van der Waals surface area contributed by atoms with Crippen molar-refractivity contribution in [2.45, 2.75) is 208 Å². The molecule has 576 valence electrons. The molecule has 0 N–H and O–H groups in total. The number of hydrogen-bond donors (Lipinski definition) is 0. The average molecular weight is 1490 g/mol. The maximum Gasteiger partial charge on any atom is 0.138 e. The van der Waals surface area contributed by atoms with Gasteiger partial charge in [0.15, 0.2) is 0 Å². The molecule has 6 aromatic heterocycles. The Kier molecular flexibility index (Phi) is 48.9. The Balaban J connectivity index is 0.000000613. The van der Waals surface area contributed by atoms with Gasteiger partial charge in [-0.05, 0) is 136 Å². The summed E-state index contributed by atoms with van der Waals surface area (Å²) in [4.78, 5) is 0. The molecule has 0 aliphatic carbocycles. The third-order valence-electron chi connectivity index (χ3n) is 15.4. The van der Waals surface area contributed by atoms with Gasteiger partial charge in [-0.3, -0.25) is 0 Å². The fraction of sp³-hybridized carbons (Fsp3) is 0.294. The second-order valence-corrected chi connectivity index (χ2v) is 23.6. The van der Waals surface area contributed by atoms with Crippen molar-refractivity contribution in [1.82, 2.24) is 0 Å².